The Bertz CT molecular complexity index is 1330. The number of benzene rings is 2. The molecule has 5 nitrogen and oxygen atoms in total. The van der Waals surface area contributed by atoms with Crippen molar-refractivity contribution in [3.05, 3.63) is 70.3 Å². The van der Waals surface area contributed by atoms with Gasteiger partial charge in [-0.1, -0.05) is 36.2 Å². The Morgan fingerprint density at radius 1 is 1.10 bits per heavy atom. The molecule has 1 N–H and O–H groups in total. The van der Waals surface area contributed by atoms with Crippen LogP contribution >= 0.6 is 23.5 Å². The first-order chi connectivity index (χ1) is 20.0. The molecule has 0 radical (unpaired) electrons. The molecule has 1 spiro atoms. The molecule has 0 saturated heterocycles. The van der Waals surface area contributed by atoms with Crippen LogP contribution in [0.5, 0.6) is 5.75 Å². The number of ether oxygens (including phenoxy) is 2. The van der Waals surface area contributed by atoms with Crippen LogP contribution in [-0.2, 0) is 16.6 Å². The molecule has 7 heteroatoms. The fourth-order valence-corrected chi connectivity index (χ4v) is 9.33. The lowest BCUT2D eigenvalue weighted by molar-refractivity contribution is 0.0129. The number of hydrogen-bond donors (Lipinski definition) is 1. The lowest BCUT2D eigenvalue weighted by Gasteiger charge is -2.46. The topological polar surface area (TPSA) is 50.8 Å². The number of fused-ring (bicyclic) bond motifs is 6. The molecule has 2 saturated carbocycles. The predicted molar refractivity (Wildman–Crippen MR) is 167 cm³/mol. The summed E-state index contributed by atoms with van der Waals surface area (Å²) in [4.78, 5) is 16.0. The summed E-state index contributed by atoms with van der Waals surface area (Å²) < 4.78 is 16.0. The van der Waals surface area contributed by atoms with E-state index < -0.39 is 0 Å². The van der Waals surface area contributed by atoms with Gasteiger partial charge in [-0.25, -0.2) is 0 Å². The summed E-state index contributed by atoms with van der Waals surface area (Å²) in [6, 6.07) is 12.4. The Hall–Kier alpha value is -2.15. The number of halogens is 1. The molecule has 2 fully saturated rings. The molecule has 1 amide bonds. The Kier molecular flexibility index (Phi) is 7.76. The third kappa shape index (κ3) is 5.41. The summed E-state index contributed by atoms with van der Waals surface area (Å²) in [7, 11) is 1.87. The number of nitrogens with zero attached hydrogens (tertiary/aromatic N) is 1. The SMILES string of the molecule is CO[C@H]1/C=C/[C@H]2CCC[C@@H](C2)SNC(=O)c2ccc3c(c2)N(C[C@@H]2CC[C@H]21)C[C@@]1(CCCc2cc(Cl)ccc21)CO3. The van der Waals surface area contributed by atoms with Gasteiger partial charge in [0.1, 0.15) is 5.75 Å². The molecule has 4 bridgehead atoms. The quantitative estimate of drug-likeness (QED) is 0.277. The summed E-state index contributed by atoms with van der Waals surface area (Å²) in [5.41, 5.74) is 4.35. The predicted octanol–water partition coefficient (Wildman–Crippen LogP) is 7.36. The van der Waals surface area contributed by atoms with Gasteiger partial charge in [0.25, 0.3) is 5.91 Å². The highest BCUT2D eigenvalue weighted by atomic mass is 35.5. The van der Waals surface area contributed by atoms with Crippen LogP contribution in [0.2, 0.25) is 5.02 Å². The minimum Gasteiger partial charge on any atom is -0.490 e. The number of anilines is 1. The van der Waals surface area contributed by atoms with Gasteiger partial charge >= 0.3 is 0 Å². The second kappa shape index (κ2) is 11.5. The number of carbonyl (C=O) groups excluding carboxylic acids is 1. The van der Waals surface area contributed by atoms with Crippen LogP contribution in [0, 0.1) is 17.8 Å². The Morgan fingerprint density at radius 3 is 2.88 bits per heavy atom. The molecule has 2 aromatic carbocycles. The van der Waals surface area contributed by atoms with Crippen molar-refractivity contribution < 1.29 is 14.3 Å². The number of nitrogens with one attached hydrogen (secondary N) is 1. The molecule has 3 aliphatic carbocycles. The number of methoxy groups -OCH3 is 1. The second-order valence-corrected chi connectivity index (χ2v) is 14.5. The number of amides is 1. The van der Waals surface area contributed by atoms with Crippen LogP contribution in [0.15, 0.2) is 48.6 Å². The van der Waals surface area contributed by atoms with Gasteiger partial charge in [-0.3, -0.25) is 9.52 Å². The third-order valence-corrected chi connectivity index (χ3v) is 11.8. The molecule has 0 aromatic heterocycles. The van der Waals surface area contributed by atoms with E-state index in [-0.39, 0.29) is 17.4 Å². The largest absolute Gasteiger partial charge is 0.490 e. The minimum atomic E-state index is -0.118. The van der Waals surface area contributed by atoms with E-state index in [2.05, 4.69) is 40.0 Å². The average Bonchev–Trinajstić information content (AvgIpc) is 3.12. The summed E-state index contributed by atoms with van der Waals surface area (Å²) in [6.07, 6.45) is 15.3. The number of allylic oxidation sites excluding steroid dienone is 1. The van der Waals surface area contributed by atoms with Gasteiger partial charge in [0.15, 0.2) is 0 Å². The smallest absolute Gasteiger partial charge is 0.261 e. The van der Waals surface area contributed by atoms with E-state index in [9.17, 15) is 4.79 Å². The Labute approximate surface area is 253 Å². The first-order valence-corrected chi connectivity index (χ1v) is 16.7. The third-order valence-electron chi connectivity index (χ3n) is 10.5. The van der Waals surface area contributed by atoms with Crippen molar-refractivity contribution in [2.24, 2.45) is 17.8 Å². The molecular weight excluding hydrogens is 552 g/mol. The molecule has 218 valence electrons. The van der Waals surface area contributed by atoms with E-state index in [1.807, 2.05) is 25.3 Å². The van der Waals surface area contributed by atoms with E-state index in [0.29, 0.717) is 35.2 Å². The van der Waals surface area contributed by atoms with Crippen LogP contribution in [-0.4, -0.2) is 44.1 Å². The van der Waals surface area contributed by atoms with E-state index in [0.717, 1.165) is 61.7 Å². The maximum absolute atomic E-state index is 13.4. The van der Waals surface area contributed by atoms with Crippen molar-refractivity contribution in [1.82, 2.24) is 4.72 Å². The maximum Gasteiger partial charge on any atom is 0.261 e. The highest BCUT2D eigenvalue weighted by Crippen LogP contribution is 2.47. The molecule has 7 rings (SSSR count). The summed E-state index contributed by atoms with van der Waals surface area (Å²) >= 11 is 8.05. The van der Waals surface area contributed by atoms with Crippen LogP contribution in [0.1, 0.15) is 72.9 Å². The first kappa shape index (κ1) is 27.7. The maximum atomic E-state index is 13.4. The van der Waals surface area contributed by atoms with Crippen LogP contribution < -0.4 is 14.4 Å². The lowest BCUT2D eigenvalue weighted by atomic mass is 9.68. The van der Waals surface area contributed by atoms with E-state index in [1.54, 1.807) is 11.9 Å². The van der Waals surface area contributed by atoms with Gasteiger partial charge in [-0.2, -0.15) is 0 Å². The molecule has 2 aromatic rings. The minimum absolute atomic E-state index is 0.0138. The summed E-state index contributed by atoms with van der Waals surface area (Å²) in [5.74, 6) is 2.45. The standard InChI is InChI=1S/C34H41ClN2O3S/c1-39-31-13-7-22-4-2-6-27(16-22)41-36-33(38)24-9-14-32-30(18-24)37(19-25-8-11-28(25)31)20-34(21-40-32)15-3-5-23-17-26(35)10-12-29(23)34/h7,9-10,12-14,17-18,22,25,27-28,31H,2-6,8,11,15-16,19-21H2,1H3,(H,36,38)/b13-7+/t22-,25+,27+,28-,31+,34+/m1/s1. The molecule has 0 unspecified atom stereocenters. The van der Waals surface area contributed by atoms with Gasteiger partial charge in [0, 0.05) is 41.5 Å². The number of rotatable bonds is 1. The van der Waals surface area contributed by atoms with Crippen LogP contribution in [0.4, 0.5) is 5.69 Å². The molecule has 5 aliphatic rings. The van der Waals surface area contributed by atoms with Crippen molar-refractivity contribution in [1.29, 1.82) is 0 Å². The number of carbonyl (C=O) groups is 1. The Balaban J connectivity index is 1.27. The van der Waals surface area contributed by atoms with Crippen LogP contribution in [0.3, 0.4) is 0 Å². The van der Waals surface area contributed by atoms with Crippen LogP contribution in [0.25, 0.3) is 0 Å². The highest BCUT2D eigenvalue weighted by Gasteiger charge is 2.44. The summed E-state index contributed by atoms with van der Waals surface area (Å²) in [6.45, 7) is 2.44. The zero-order chi connectivity index (χ0) is 28.0. The van der Waals surface area contributed by atoms with Gasteiger partial charge in [0.2, 0.25) is 0 Å². The molecule has 6 atom stereocenters. The van der Waals surface area contributed by atoms with Gasteiger partial charge in [0.05, 0.1) is 18.4 Å². The fourth-order valence-electron chi connectivity index (χ4n) is 8.11. The lowest BCUT2D eigenvalue weighted by Crippen LogP contribution is -2.49. The fraction of sp³-hybridized carbons (Fsp3) is 0.559. The van der Waals surface area contributed by atoms with E-state index in [1.165, 1.54) is 36.8 Å². The van der Waals surface area contributed by atoms with Gasteiger partial charge < -0.3 is 14.4 Å². The molecule has 41 heavy (non-hydrogen) atoms. The Morgan fingerprint density at radius 2 is 2.02 bits per heavy atom. The first-order valence-electron chi connectivity index (χ1n) is 15.5. The van der Waals surface area contributed by atoms with Crippen molar-refractivity contribution in [2.75, 3.05) is 31.7 Å². The summed E-state index contributed by atoms with van der Waals surface area (Å²) in [5, 5.41) is 1.24. The zero-order valence-corrected chi connectivity index (χ0v) is 25.5. The molecule has 2 aliphatic heterocycles. The van der Waals surface area contributed by atoms with Crippen molar-refractivity contribution in [2.45, 2.75) is 74.6 Å². The number of aryl methyl sites for hydroxylation is 1. The second-order valence-electron chi connectivity index (χ2n) is 13.0. The normalized spacial score (nSPS) is 33.9. The molecule has 2 heterocycles. The van der Waals surface area contributed by atoms with Crippen molar-refractivity contribution in [3.63, 3.8) is 0 Å². The average molecular weight is 593 g/mol. The van der Waals surface area contributed by atoms with Gasteiger partial charge in [-0.05, 0) is 123 Å². The van der Waals surface area contributed by atoms with Crippen molar-refractivity contribution >= 4 is 35.1 Å². The van der Waals surface area contributed by atoms with Crippen molar-refractivity contribution in [3.8, 4) is 5.75 Å². The van der Waals surface area contributed by atoms with Gasteiger partial charge in [-0.15, -0.1) is 0 Å². The number of hydrogen-bond acceptors (Lipinski definition) is 5. The van der Waals surface area contributed by atoms with E-state index in [4.69, 9.17) is 21.1 Å². The monoisotopic (exact) mass is 592 g/mol. The highest BCUT2D eigenvalue weighted by molar-refractivity contribution is 7.98. The molecular formula is C34H41ClN2O3S. The zero-order valence-electron chi connectivity index (χ0n) is 23.9. The van der Waals surface area contributed by atoms with E-state index >= 15 is 0 Å².